The van der Waals surface area contributed by atoms with Crippen LogP contribution in [0.3, 0.4) is 0 Å². The van der Waals surface area contributed by atoms with Crippen molar-refractivity contribution >= 4 is 22.6 Å². The second kappa shape index (κ2) is 11.2. The number of amides is 2. The van der Waals surface area contributed by atoms with Gasteiger partial charge in [0.1, 0.15) is 18.5 Å². The van der Waals surface area contributed by atoms with Gasteiger partial charge in [-0.15, -0.1) is 0 Å². The predicted molar refractivity (Wildman–Crippen MR) is 149 cm³/mol. The molecule has 3 aromatic rings. The van der Waals surface area contributed by atoms with Crippen LogP contribution in [0.5, 0.6) is 5.75 Å². The van der Waals surface area contributed by atoms with Crippen LogP contribution in [0.4, 0.5) is 0 Å². The highest BCUT2D eigenvalue weighted by Gasteiger charge is 2.33. The summed E-state index contributed by atoms with van der Waals surface area (Å²) in [7, 11) is 0. The van der Waals surface area contributed by atoms with Crippen molar-refractivity contribution in [1.82, 2.24) is 14.7 Å². The van der Waals surface area contributed by atoms with Crippen LogP contribution in [0.2, 0.25) is 0 Å². The minimum absolute atomic E-state index is 0.213. The van der Waals surface area contributed by atoms with Crippen molar-refractivity contribution in [3.63, 3.8) is 0 Å². The number of carbonyl (C=O) groups excluding carboxylic acids is 2. The molecule has 5 rings (SSSR count). The zero-order chi connectivity index (χ0) is 26.8. The maximum Gasteiger partial charge on any atom is 0.261 e. The van der Waals surface area contributed by atoms with E-state index in [2.05, 4.69) is 36.6 Å². The van der Waals surface area contributed by atoms with E-state index in [9.17, 15) is 14.7 Å². The Bertz CT molecular complexity index is 1280. The van der Waals surface area contributed by atoms with Crippen molar-refractivity contribution in [1.29, 1.82) is 0 Å². The molecular weight excluding hydrogens is 478 g/mol. The largest absolute Gasteiger partial charge is 0.491 e. The highest BCUT2D eigenvalue weighted by molar-refractivity contribution is 6.25. The van der Waals surface area contributed by atoms with Crippen molar-refractivity contribution < 1.29 is 19.4 Å². The van der Waals surface area contributed by atoms with Gasteiger partial charge >= 0.3 is 0 Å². The Kier molecular flexibility index (Phi) is 7.79. The van der Waals surface area contributed by atoms with Gasteiger partial charge < -0.3 is 9.84 Å². The van der Waals surface area contributed by atoms with E-state index >= 15 is 0 Å². The Balaban J connectivity index is 1.08. The Morgan fingerprint density at radius 1 is 0.868 bits per heavy atom. The summed E-state index contributed by atoms with van der Waals surface area (Å²) in [5, 5.41) is 12.2. The van der Waals surface area contributed by atoms with Gasteiger partial charge in [-0.05, 0) is 53.6 Å². The van der Waals surface area contributed by atoms with Crippen LogP contribution in [0.25, 0.3) is 10.8 Å². The van der Waals surface area contributed by atoms with E-state index < -0.39 is 6.10 Å². The van der Waals surface area contributed by atoms with Crippen LogP contribution in [-0.4, -0.2) is 90.1 Å². The van der Waals surface area contributed by atoms with E-state index in [0.717, 1.165) is 42.7 Å². The maximum atomic E-state index is 13.1. The van der Waals surface area contributed by atoms with Crippen molar-refractivity contribution in [2.45, 2.75) is 32.8 Å². The SMILES string of the molecule is Cc1cc(OC[C@@H](O)CN2CCN(CCN3C(=O)c4cccc5cccc(c45)C3=O)CC2)ccc1C(C)C. The zero-order valence-corrected chi connectivity index (χ0v) is 22.5. The third kappa shape index (κ3) is 5.46. The van der Waals surface area contributed by atoms with Crippen molar-refractivity contribution in [2.24, 2.45) is 0 Å². The Hall–Kier alpha value is -3.26. The molecule has 3 aromatic carbocycles. The standard InChI is InChI=1S/C31H37N3O4/c1-21(2)26-11-10-25(18-22(26)3)38-20-24(35)19-33-14-12-32(13-15-33)16-17-34-30(36)27-8-4-6-23-7-5-9-28(29(23)27)31(34)37/h4-11,18,21,24,35H,12-17,19-20H2,1-3H3/t24-/m0/s1. The van der Waals surface area contributed by atoms with Gasteiger partial charge in [0.05, 0.1) is 0 Å². The van der Waals surface area contributed by atoms with Gasteiger partial charge in [-0.3, -0.25) is 24.3 Å². The van der Waals surface area contributed by atoms with Crippen molar-refractivity contribution in [3.8, 4) is 5.75 Å². The molecule has 200 valence electrons. The van der Waals surface area contributed by atoms with E-state index in [1.165, 1.54) is 16.0 Å². The number of hydrogen-bond donors (Lipinski definition) is 1. The predicted octanol–water partition coefficient (Wildman–Crippen LogP) is 3.93. The molecule has 1 atom stereocenters. The third-order valence-electron chi connectivity index (χ3n) is 7.74. The second-order valence-electron chi connectivity index (χ2n) is 10.8. The summed E-state index contributed by atoms with van der Waals surface area (Å²) < 4.78 is 5.86. The lowest BCUT2D eigenvalue weighted by Gasteiger charge is -2.36. The van der Waals surface area contributed by atoms with E-state index in [0.29, 0.717) is 36.7 Å². The van der Waals surface area contributed by atoms with E-state index in [-0.39, 0.29) is 18.4 Å². The van der Waals surface area contributed by atoms with E-state index in [1.807, 2.05) is 48.5 Å². The number of imide groups is 1. The molecule has 2 aliphatic rings. The first-order valence-corrected chi connectivity index (χ1v) is 13.6. The maximum absolute atomic E-state index is 13.1. The summed E-state index contributed by atoms with van der Waals surface area (Å²) in [4.78, 5) is 32.2. The smallest absolute Gasteiger partial charge is 0.261 e. The highest BCUT2D eigenvalue weighted by Crippen LogP contribution is 2.30. The number of ether oxygens (including phenoxy) is 1. The first kappa shape index (κ1) is 26.4. The van der Waals surface area contributed by atoms with Gasteiger partial charge in [-0.2, -0.15) is 0 Å². The molecule has 0 bridgehead atoms. The van der Waals surface area contributed by atoms with Crippen molar-refractivity contribution in [2.75, 3.05) is 52.4 Å². The highest BCUT2D eigenvalue weighted by atomic mass is 16.5. The molecule has 0 aliphatic carbocycles. The average molecular weight is 516 g/mol. The Morgan fingerprint density at radius 3 is 2.11 bits per heavy atom. The lowest BCUT2D eigenvalue weighted by Crippen LogP contribution is -2.51. The van der Waals surface area contributed by atoms with E-state index in [4.69, 9.17) is 4.74 Å². The first-order valence-electron chi connectivity index (χ1n) is 13.6. The van der Waals surface area contributed by atoms with Gasteiger partial charge in [0, 0.05) is 62.3 Å². The number of carbonyl (C=O) groups is 2. The van der Waals surface area contributed by atoms with Gasteiger partial charge in [-0.1, -0.05) is 44.2 Å². The molecule has 0 aromatic heterocycles. The fourth-order valence-corrected chi connectivity index (χ4v) is 5.65. The number of hydrogen-bond acceptors (Lipinski definition) is 6. The van der Waals surface area contributed by atoms with Gasteiger partial charge in [-0.25, -0.2) is 0 Å². The lowest BCUT2D eigenvalue weighted by atomic mass is 9.94. The summed E-state index contributed by atoms with van der Waals surface area (Å²) in [5.41, 5.74) is 3.72. The quantitative estimate of drug-likeness (QED) is 0.436. The van der Waals surface area contributed by atoms with Crippen LogP contribution in [0.15, 0.2) is 54.6 Å². The van der Waals surface area contributed by atoms with E-state index in [1.54, 1.807) is 0 Å². The minimum atomic E-state index is -0.571. The van der Waals surface area contributed by atoms with Gasteiger partial charge in [0.15, 0.2) is 0 Å². The molecule has 1 N–H and O–H groups in total. The molecule has 0 unspecified atom stereocenters. The number of rotatable bonds is 9. The second-order valence-corrected chi connectivity index (χ2v) is 10.8. The number of β-amino-alcohol motifs (C(OH)–C–C–N with tert-alkyl or cyclic N) is 1. The topological polar surface area (TPSA) is 73.3 Å². The lowest BCUT2D eigenvalue weighted by molar-refractivity contribution is 0.0416. The van der Waals surface area contributed by atoms with Gasteiger partial charge in [0.25, 0.3) is 11.8 Å². The summed E-state index contributed by atoms with van der Waals surface area (Å²) in [6.45, 7) is 11.6. The molecule has 0 spiro atoms. The average Bonchev–Trinajstić information content (AvgIpc) is 2.91. The molecule has 7 nitrogen and oxygen atoms in total. The zero-order valence-electron chi connectivity index (χ0n) is 22.5. The summed E-state index contributed by atoms with van der Waals surface area (Å²) in [6.07, 6.45) is -0.571. The van der Waals surface area contributed by atoms with Crippen LogP contribution in [0, 0.1) is 6.92 Å². The molecule has 2 heterocycles. The molecule has 2 amide bonds. The number of benzene rings is 3. The third-order valence-corrected chi connectivity index (χ3v) is 7.74. The molecule has 1 saturated heterocycles. The number of nitrogens with zero attached hydrogens (tertiary/aromatic N) is 3. The molecule has 2 aliphatic heterocycles. The fourth-order valence-electron chi connectivity index (χ4n) is 5.65. The molecule has 0 radical (unpaired) electrons. The number of aryl methyl sites for hydroxylation is 1. The normalized spacial score (nSPS) is 17.4. The summed E-state index contributed by atoms with van der Waals surface area (Å²) >= 11 is 0. The molecular formula is C31H37N3O4. The fraction of sp³-hybridized carbons (Fsp3) is 0.419. The number of aliphatic hydroxyl groups is 1. The first-order chi connectivity index (χ1) is 18.3. The number of aliphatic hydroxyl groups excluding tert-OH is 1. The van der Waals surface area contributed by atoms with Crippen LogP contribution in [-0.2, 0) is 0 Å². The number of piperazine rings is 1. The van der Waals surface area contributed by atoms with Crippen LogP contribution < -0.4 is 4.74 Å². The summed E-state index contributed by atoms with van der Waals surface area (Å²) in [5.74, 6) is 0.836. The van der Waals surface area contributed by atoms with Gasteiger partial charge in [0.2, 0.25) is 0 Å². The molecule has 1 fully saturated rings. The summed E-state index contributed by atoms with van der Waals surface area (Å²) in [6, 6.07) is 17.4. The molecule has 7 heteroatoms. The molecule has 38 heavy (non-hydrogen) atoms. The van der Waals surface area contributed by atoms with Crippen molar-refractivity contribution in [3.05, 3.63) is 76.9 Å². The molecule has 0 saturated carbocycles. The Morgan fingerprint density at radius 2 is 1.50 bits per heavy atom. The monoisotopic (exact) mass is 515 g/mol. The Labute approximate surface area is 224 Å². The minimum Gasteiger partial charge on any atom is -0.491 e. The van der Waals surface area contributed by atoms with Crippen LogP contribution in [0.1, 0.15) is 51.6 Å². The van der Waals surface area contributed by atoms with Crippen LogP contribution >= 0.6 is 0 Å².